The number of nitrogens with zero attached hydrogens (tertiary/aromatic N) is 3. The molecule has 6 nitrogen and oxygen atoms in total. The van der Waals surface area contributed by atoms with Crippen molar-refractivity contribution in [2.24, 2.45) is 11.8 Å². The number of hydrogen-bond donors (Lipinski definition) is 3. The van der Waals surface area contributed by atoms with Crippen molar-refractivity contribution in [1.82, 2.24) is 9.97 Å². The zero-order valence-corrected chi connectivity index (χ0v) is 9.43. The molecule has 1 aliphatic rings. The number of aliphatic hydroxyl groups excluding tert-OH is 1. The Hall–Kier alpha value is -1.47. The first-order valence-corrected chi connectivity index (χ1v) is 5.59. The maximum absolute atomic E-state index is 13.6. The molecule has 0 spiro atoms. The van der Waals surface area contributed by atoms with Gasteiger partial charge in [-0.25, -0.2) is 15.2 Å². The molecule has 0 aliphatic carbocycles. The molecule has 1 aromatic rings. The van der Waals surface area contributed by atoms with Crippen LogP contribution in [0.1, 0.15) is 12.8 Å². The molecule has 0 aromatic carbocycles. The van der Waals surface area contributed by atoms with Crippen LogP contribution in [0.5, 0.6) is 0 Å². The Morgan fingerprint density at radius 3 is 3.18 bits per heavy atom. The van der Waals surface area contributed by atoms with Gasteiger partial charge in [0.25, 0.3) is 0 Å². The first kappa shape index (κ1) is 12.0. The average Bonchev–Trinajstić information content (AvgIpc) is 2.79. The number of anilines is 2. The normalized spacial score (nSPS) is 19.7. The third kappa shape index (κ3) is 2.62. The Morgan fingerprint density at radius 2 is 2.47 bits per heavy atom. The third-order valence-corrected chi connectivity index (χ3v) is 2.98. The SMILES string of the molecule is NNc1ncc(F)c(N2CCC(CCO)C2)n1. The van der Waals surface area contributed by atoms with Gasteiger partial charge in [0.05, 0.1) is 6.20 Å². The summed E-state index contributed by atoms with van der Waals surface area (Å²) in [6.45, 7) is 1.61. The molecule has 1 fully saturated rings. The van der Waals surface area contributed by atoms with Crippen molar-refractivity contribution in [2.75, 3.05) is 30.0 Å². The Balaban J connectivity index is 2.12. The summed E-state index contributed by atoms with van der Waals surface area (Å²) >= 11 is 0. The fraction of sp³-hybridized carbons (Fsp3) is 0.600. The van der Waals surface area contributed by atoms with Gasteiger partial charge in [0.15, 0.2) is 11.6 Å². The van der Waals surface area contributed by atoms with Gasteiger partial charge in [0.1, 0.15) is 0 Å². The smallest absolute Gasteiger partial charge is 0.239 e. The van der Waals surface area contributed by atoms with Crippen LogP contribution in [0, 0.1) is 11.7 Å². The number of aliphatic hydroxyl groups is 1. The second-order valence-corrected chi connectivity index (χ2v) is 4.12. The van der Waals surface area contributed by atoms with Crippen molar-refractivity contribution < 1.29 is 9.50 Å². The highest BCUT2D eigenvalue weighted by Gasteiger charge is 2.25. The highest BCUT2D eigenvalue weighted by molar-refractivity contribution is 5.44. The van der Waals surface area contributed by atoms with Crippen LogP contribution in [0.15, 0.2) is 6.20 Å². The van der Waals surface area contributed by atoms with Crippen molar-refractivity contribution in [1.29, 1.82) is 0 Å². The van der Waals surface area contributed by atoms with Gasteiger partial charge in [-0.05, 0) is 18.8 Å². The van der Waals surface area contributed by atoms with Crippen LogP contribution in [0.2, 0.25) is 0 Å². The molecule has 1 aliphatic heterocycles. The van der Waals surface area contributed by atoms with Crippen LogP contribution in [-0.4, -0.2) is 34.8 Å². The third-order valence-electron chi connectivity index (χ3n) is 2.98. The Morgan fingerprint density at radius 1 is 1.65 bits per heavy atom. The number of rotatable bonds is 4. The van der Waals surface area contributed by atoms with Crippen LogP contribution in [-0.2, 0) is 0 Å². The summed E-state index contributed by atoms with van der Waals surface area (Å²) in [5.41, 5.74) is 2.30. The minimum Gasteiger partial charge on any atom is -0.396 e. The Labute approximate surface area is 98.6 Å². The van der Waals surface area contributed by atoms with Gasteiger partial charge in [-0.3, -0.25) is 5.43 Å². The summed E-state index contributed by atoms with van der Waals surface area (Å²) in [6.07, 6.45) is 2.79. The lowest BCUT2D eigenvalue weighted by molar-refractivity contribution is 0.263. The van der Waals surface area contributed by atoms with Crippen molar-refractivity contribution >= 4 is 11.8 Å². The molecule has 1 aromatic heterocycles. The molecule has 2 rings (SSSR count). The van der Waals surface area contributed by atoms with E-state index in [2.05, 4.69) is 15.4 Å². The molecule has 0 bridgehead atoms. The van der Waals surface area contributed by atoms with E-state index in [9.17, 15) is 4.39 Å². The highest BCUT2D eigenvalue weighted by atomic mass is 19.1. The van der Waals surface area contributed by atoms with Gasteiger partial charge >= 0.3 is 0 Å². The lowest BCUT2D eigenvalue weighted by atomic mass is 10.1. The van der Waals surface area contributed by atoms with E-state index >= 15 is 0 Å². The highest BCUT2D eigenvalue weighted by Crippen LogP contribution is 2.26. The maximum Gasteiger partial charge on any atom is 0.239 e. The van der Waals surface area contributed by atoms with E-state index in [-0.39, 0.29) is 18.4 Å². The minimum absolute atomic E-state index is 0.167. The van der Waals surface area contributed by atoms with Gasteiger partial charge in [-0.1, -0.05) is 0 Å². The molecule has 7 heteroatoms. The number of nitrogen functional groups attached to an aromatic ring is 1. The summed E-state index contributed by atoms with van der Waals surface area (Å²) in [7, 11) is 0. The van der Waals surface area contributed by atoms with E-state index < -0.39 is 5.82 Å². The summed E-state index contributed by atoms with van der Waals surface area (Å²) in [6, 6.07) is 0. The number of hydrazine groups is 1. The summed E-state index contributed by atoms with van der Waals surface area (Å²) in [5, 5.41) is 8.88. The molecule has 0 amide bonds. The summed E-state index contributed by atoms with van der Waals surface area (Å²) in [5.74, 6) is 5.61. The van der Waals surface area contributed by atoms with E-state index in [1.54, 1.807) is 0 Å². The van der Waals surface area contributed by atoms with E-state index in [4.69, 9.17) is 10.9 Å². The van der Waals surface area contributed by atoms with Crippen LogP contribution >= 0.6 is 0 Å². The number of halogens is 1. The van der Waals surface area contributed by atoms with Crippen LogP contribution in [0.25, 0.3) is 0 Å². The van der Waals surface area contributed by atoms with E-state index in [0.717, 1.165) is 25.6 Å². The van der Waals surface area contributed by atoms with Crippen molar-refractivity contribution in [3.05, 3.63) is 12.0 Å². The molecule has 0 saturated carbocycles. The number of nitrogens with two attached hydrogens (primary N) is 1. The fourth-order valence-corrected chi connectivity index (χ4v) is 2.09. The molecule has 0 radical (unpaired) electrons. The molecule has 2 heterocycles. The second-order valence-electron chi connectivity index (χ2n) is 4.12. The fourth-order valence-electron chi connectivity index (χ4n) is 2.09. The van der Waals surface area contributed by atoms with E-state index in [1.807, 2.05) is 4.90 Å². The summed E-state index contributed by atoms with van der Waals surface area (Å²) in [4.78, 5) is 9.56. The van der Waals surface area contributed by atoms with Gasteiger partial charge in [-0.2, -0.15) is 4.98 Å². The van der Waals surface area contributed by atoms with Gasteiger partial charge in [-0.15, -0.1) is 0 Å². The number of aromatic nitrogens is 2. The van der Waals surface area contributed by atoms with Crippen molar-refractivity contribution in [3.63, 3.8) is 0 Å². The molecular formula is C10H16FN5O. The Bertz CT molecular complexity index is 389. The quantitative estimate of drug-likeness (QED) is 0.512. The minimum atomic E-state index is -0.450. The summed E-state index contributed by atoms with van der Waals surface area (Å²) < 4.78 is 13.6. The molecule has 1 saturated heterocycles. The standard InChI is InChI=1S/C10H16FN5O/c11-8-5-13-10(15-12)14-9(8)16-3-1-7(6-16)2-4-17/h5,7,17H,1-4,6,12H2,(H,13,14,15). The van der Waals surface area contributed by atoms with Crippen molar-refractivity contribution in [3.8, 4) is 0 Å². The second kappa shape index (κ2) is 5.24. The monoisotopic (exact) mass is 241 g/mol. The van der Waals surface area contributed by atoms with Gasteiger partial charge in [0, 0.05) is 19.7 Å². The Kier molecular flexibility index (Phi) is 3.70. The van der Waals surface area contributed by atoms with E-state index in [1.165, 1.54) is 0 Å². The van der Waals surface area contributed by atoms with Crippen LogP contribution < -0.4 is 16.2 Å². The van der Waals surface area contributed by atoms with Gasteiger partial charge < -0.3 is 10.0 Å². The molecule has 94 valence electrons. The predicted octanol–water partition coefficient (Wildman–Crippen LogP) is 0.110. The average molecular weight is 241 g/mol. The largest absolute Gasteiger partial charge is 0.396 e. The number of nitrogens with one attached hydrogen (secondary N) is 1. The first-order chi connectivity index (χ1) is 8.24. The van der Waals surface area contributed by atoms with Crippen molar-refractivity contribution in [2.45, 2.75) is 12.8 Å². The van der Waals surface area contributed by atoms with Crippen LogP contribution in [0.3, 0.4) is 0 Å². The van der Waals surface area contributed by atoms with Gasteiger partial charge in [0.2, 0.25) is 5.95 Å². The molecule has 4 N–H and O–H groups in total. The predicted molar refractivity (Wildman–Crippen MR) is 61.8 cm³/mol. The molecular weight excluding hydrogens is 225 g/mol. The topological polar surface area (TPSA) is 87.3 Å². The first-order valence-electron chi connectivity index (χ1n) is 5.59. The number of hydrogen-bond acceptors (Lipinski definition) is 6. The zero-order chi connectivity index (χ0) is 12.3. The van der Waals surface area contributed by atoms with E-state index in [0.29, 0.717) is 12.5 Å². The van der Waals surface area contributed by atoms with Crippen LogP contribution in [0.4, 0.5) is 16.2 Å². The molecule has 1 unspecified atom stereocenters. The lowest BCUT2D eigenvalue weighted by Crippen LogP contribution is -2.23. The zero-order valence-electron chi connectivity index (χ0n) is 9.43. The maximum atomic E-state index is 13.6. The lowest BCUT2D eigenvalue weighted by Gasteiger charge is -2.18. The molecule has 1 atom stereocenters. The molecule has 17 heavy (non-hydrogen) atoms.